The molecule has 0 amide bonds. The van der Waals surface area contributed by atoms with Crippen LogP contribution in [0.15, 0.2) is 30.3 Å². The van der Waals surface area contributed by atoms with Crippen LogP contribution in [0, 0.1) is 0 Å². The smallest absolute Gasteiger partial charge is 0.149 e. The van der Waals surface area contributed by atoms with Gasteiger partial charge in [-0.15, -0.1) is 0 Å². The van der Waals surface area contributed by atoms with E-state index in [-0.39, 0.29) is 0 Å². The van der Waals surface area contributed by atoms with Gasteiger partial charge in [-0.2, -0.15) is 5.10 Å². The Hall–Kier alpha value is -1.77. The van der Waals surface area contributed by atoms with Crippen LogP contribution in [0.2, 0.25) is 0 Å². The lowest BCUT2D eigenvalue weighted by atomic mass is 10.1. The van der Waals surface area contributed by atoms with Crippen LogP contribution >= 0.6 is 0 Å². The Morgan fingerprint density at radius 2 is 1.93 bits per heavy atom. The summed E-state index contributed by atoms with van der Waals surface area (Å²) in [5.41, 5.74) is 9.28. The largest absolute Gasteiger partial charge is 0.382 e. The van der Waals surface area contributed by atoms with E-state index in [1.807, 2.05) is 29.9 Å². The summed E-state index contributed by atoms with van der Waals surface area (Å²) in [6.45, 7) is 2.10. The molecular weight excluding hydrogens is 186 g/mol. The molecule has 0 bridgehead atoms. The topological polar surface area (TPSA) is 43.8 Å². The molecule has 0 aliphatic heterocycles. The molecule has 3 heteroatoms. The number of nitrogen functional groups attached to an aromatic ring is 1. The second-order valence-electron chi connectivity index (χ2n) is 3.56. The lowest BCUT2D eigenvalue weighted by Gasteiger charge is -2.04. The molecule has 1 aromatic carbocycles. The van der Waals surface area contributed by atoms with Crippen LogP contribution in [0.1, 0.15) is 12.5 Å². The minimum Gasteiger partial charge on any atom is -0.382 e. The normalized spacial score (nSPS) is 10.5. The molecule has 0 fully saturated rings. The van der Waals surface area contributed by atoms with Gasteiger partial charge in [-0.3, -0.25) is 4.68 Å². The number of nitrogens with zero attached hydrogens (tertiary/aromatic N) is 2. The molecule has 0 saturated heterocycles. The van der Waals surface area contributed by atoms with Gasteiger partial charge >= 0.3 is 0 Å². The number of anilines is 1. The average Bonchev–Trinajstić information content (AvgIpc) is 2.54. The van der Waals surface area contributed by atoms with Crippen LogP contribution in [0.5, 0.6) is 0 Å². The maximum absolute atomic E-state index is 5.86. The van der Waals surface area contributed by atoms with Gasteiger partial charge in [-0.1, -0.05) is 37.3 Å². The first kappa shape index (κ1) is 9.77. The van der Waals surface area contributed by atoms with Crippen molar-refractivity contribution in [3.8, 4) is 11.3 Å². The molecule has 78 valence electrons. The maximum Gasteiger partial charge on any atom is 0.149 e. The molecule has 0 aliphatic rings. The van der Waals surface area contributed by atoms with Gasteiger partial charge < -0.3 is 5.73 Å². The van der Waals surface area contributed by atoms with Crippen molar-refractivity contribution in [1.29, 1.82) is 0 Å². The van der Waals surface area contributed by atoms with E-state index < -0.39 is 0 Å². The summed E-state index contributed by atoms with van der Waals surface area (Å²) in [5.74, 6) is 0.638. The molecule has 1 heterocycles. The SMILES string of the molecule is CCc1c(N)nn(C)c1-c1ccccc1. The highest BCUT2D eigenvalue weighted by Gasteiger charge is 2.13. The maximum atomic E-state index is 5.86. The molecule has 0 unspecified atom stereocenters. The van der Waals surface area contributed by atoms with Crippen molar-refractivity contribution in [3.05, 3.63) is 35.9 Å². The van der Waals surface area contributed by atoms with Gasteiger partial charge in [0.15, 0.2) is 0 Å². The molecule has 2 aromatic rings. The van der Waals surface area contributed by atoms with Gasteiger partial charge in [0.2, 0.25) is 0 Å². The van der Waals surface area contributed by atoms with Crippen LogP contribution < -0.4 is 5.73 Å². The van der Waals surface area contributed by atoms with Crippen LogP contribution in [0.3, 0.4) is 0 Å². The Morgan fingerprint density at radius 3 is 2.53 bits per heavy atom. The molecule has 15 heavy (non-hydrogen) atoms. The molecule has 2 N–H and O–H groups in total. The van der Waals surface area contributed by atoms with Crippen LogP contribution in [0.25, 0.3) is 11.3 Å². The Morgan fingerprint density at radius 1 is 1.27 bits per heavy atom. The second-order valence-corrected chi connectivity index (χ2v) is 3.56. The van der Waals surface area contributed by atoms with Gasteiger partial charge in [0, 0.05) is 18.2 Å². The summed E-state index contributed by atoms with van der Waals surface area (Å²) in [4.78, 5) is 0. The molecule has 1 aromatic heterocycles. The fraction of sp³-hybridized carbons (Fsp3) is 0.250. The van der Waals surface area contributed by atoms with Crippen molar-refractivity contribution in [3.63, 3.8) is 0 Å². The predicted molar refractivity (Wildman–Crippen MR) is 62.4 cm³/mol. The highest BCUT2D eigenvalue weighted by molar-refractivity contribution is 5.68. The number of hydrogen-bond acceptors (Lipinski definition) is 2. The molecule has 2 rings (SSSR count). The number of rotatable bonds is 2. The van der Waals surface area contributed by atoms with Gasteiger partial charge in [0.1, 0.15) is 5.82 Å². The Labute approximate surface area is 89.5 Å². The van der Waals surface area contributed by atoms with Gasteiger partial charge in [-0.25, -0.2) is 0 Å². The summed E-state index contributed by atoms with van der Waals surface area (Å²) < 4.78 is 1.85. The predicted octanol–water partition coefficient (Wildman–Crippen LogP) is 2.23. The van der Waals surface area contributed by atoms with Crippen molar-refractivity contribution in [1.82, 2.24) is 9.78 Å². The van der Waals surface area contributed by atoms with E-state index in [9.17, 15) is 0 Å². The first-order valence-corrected chi connectivity index (χ1v) is 5.10. The molecule has 3 nitrogen and oxygen atoms in total. The number of aromatic nitrogens is 2. The van der Waals surface area contributed by atoms with Crippen LogP contribution in [-0.4, -0.2) is 9.78 Å². The number of benzene rings is 1. The fourth-order valence-corrected chi connectivity index (χ4v) is 1.89. The monoisotopic (exact) mass is 201 g/mol. The second kappa shape index (κ2) is 3.77. The lowest BCUT2D eigenvalue weighted by Crippen LogP contribution is -1.94. The summed E-state index contributed by atoms with van der Waals surface area (Å²) in [6.07, 6.45) is 0.907. The standard InChI is InChI=1S/C12H15N3/c1-3-10-11(15(2)14-12(10)13)9-7-5-4-6-8-9/h4-8H,3H2,1-2H3,(H2,13,14). The van der Waals surface area contributed by atoms with E-state index in [4.69, 9.17) is 5.73 Å². The van der Waals surface area contributed by atoms with E-state index in [0.29, 0.717) is 5.82 Å². The molecule has 0 saturated carbocycles. The first-order valence-electron chi connectivity index (χ1n) is 5.10. The van der Waals surface area contributed by atoms with Crippen LogP contribution in [-0.2, 0) is 13.5 Å². The van der Waals surface area contributed by atoms with E-state index >= 15 is 0 Å². The first-order chi connectivity index (χ1) is 7.24. The zero-order chi connectivity index (χ0) is 10.8. The van der Waals surface area contributed by atoms with Crippen molar-refractivity contribution < 1.29 is 0 Å². The molecular formula is C12H15N3. The fourth-order valence-electron chi connectivity index (χ4n) is 1.89. The highest BCUT2D eigenvalue weighted by atomic mass is 15.3. The Kier molecular flexibility index (Phi) is 2.46. The highest BCUT2D eigenvalue weighted by Crippen LogP contribution is 2.27. The van der Waals surface area contributed by atoms with E-state index in [2.05, 4.69) is 24.2 Å². The molecule has 0 aliphatic carbocycles. The summed E-state index contributed by atoms with van der Waals surface area (Å²) >= 11 is 0. The minimum atomic E-state index is 0.638. The number of nitrogens with two attached hydrogens (primary N) is 1. The van der Waals surface area contributed by atoms with Gasteiger partial charge in [0.05, 0.1) is 5.69 Å². The summed E-state index contributed by atoms with van der Waals surface area (Å²) in [6, 6.07) is 10.2. The number of aryl methyl sites for hydroxylation is 1. The zero-order valence-electron chi connectivity index (χ0n) is 9.07. The van der Waals surface area contributed by atoms with Crippen molar-refractivity contribution in [2.75, 3.05) is 5.73 Å². The third-order valence-corrected chi connectivity index (χ3v) is 2.58. The van der Waals surface area contributed by atoms with Crippen molar-refractivity contribution >= 4 is 5.82 Å². The third kappa shape index (κ3) is 1.61. The van der Waals surface area contributed by atoms with Crippen molar-refractivity contribution in [2.45, 2.75) is 13.3 Å². The van der Waals surface area contributed by atoms with Gasteiger partial charge in [-0.05, 0) is 6.42 Å². The summed E-state index contributed by atoms with van der Waals surface area (Å²) in [7, 11) is 1.93. The molecule has 0 radical (unpaired) electrons. The molecule has 0 spiro atoms. The Bertz CT molecular complexity index is 457. The third-order valence-electron chi connectivity index (χ3n) is 2.58. The summed E-state index contributed by atoms with van der Waals surface area (Å²) in [5, 5.41) is 4.25. The quantitative estimate of drug-likeness (QED) is 0.809. The lowest BCUT2D eigenvalue weighted by molar-refractivity contribution is 0.779. The van der Waals surface area contributed by atoms with E-state index in [0.717, 1.165) is 17.7 Å². The van der Waals surface area contributed by atoms with Gasteiger partial charge in [0.25, 0.3) is 0 Å². The average molecular weight is 201 g/mol. The van der Waals surface area contributed by atoms with E-state index in [1.165, 1.54) is 5.56 Å². The van der Waals surface area contributed by atoms with E-state index in [1.54, 1.807) is 0 Å². The Balaban J connectivity index is 2.62. The minimum absolute atomic E-state index is 0.638. The molecule has 0 atom stereocenters. The number of hydrogen-bond donors (Lipinski definition) is 1. The zero-order valence-corrected chi connectivity index (χ0v) is 9.07. The van der Waals surface area contributed by atoms with Crippen molar-refractivity contribution in [2.24, 2.45) is 7.05 Å². The van der Waals surface area contributed by atoms with Crippen LogP contribution in [0.4, 0.5) is 5.82 Å².